The molecule has 8 nitrogen and oxygen atoms in total. The van der Waals surface area contributed by atoms with Gasteiger partial charge in [-0.1, -0.05) is 0 Å². The summed E-state index contributed by atoms with van der Waals surface area (Å²) in [5.74, 6) is 0.824. The molecule has 0 saturated heterocycles. The van der Waals surface area contributed by atoms with E-state index in [1.807, 2.05) is 0 Å². The van der Waals surface area contributed by atoms with Crippen molar-refractivity contribution in [2.24, 2.45) is 10.7 Å². The molecule has 0 fully saturated rings. The van der Waals surface area contributed by atoms with Gasteiger partial charge in [-0.25, -0.2) is 9.79 Å². The largest absolute Gasteiger partial charge is 0.497 e. The molecule has 2 N–H and O–H groups in total. The molecule has 0 saturated carbocycles. The number of ether oxygens (including phenoxy) is 3. The van der Waals surface area contributed by atoms with E-state index in [1.165, 1.54) is 14.2 Å². The van der Waals surface area contributed by atoms with Gasteiger partial charge in [0.25, 0.3) is 0 Å². The zero-order valence-electron chi connectivity index (χ0n) is 15.3. The van der Waals surface area contributed by atoms with Gasteiger partial charge in [0.05, 0.1) is 32.6 Å². The van der Waals surface area contributed by atoms with Gasteiger partial charge in [-0.3, -0.25) is 4.90 Å². The highest BCUT2D eigenvalue weighted by Crippen LogP contribution is 2.47. The number of nitrogens with two attached hydrogens (primary N) is 1. The van der Waals surface area contributed by atoms with Gasteiger partial charge in [-0.15, -0.1) is 0 Å². The average molecular weight is 386 g/mol. The fourth-order valence-corrected chi connectivity index (χ4v) is 3.97. The van der Waals surface area contributed by atoms with E-state index >= 15 is 0 Å². The van der Waals surface area contributed by atoms with Crippen molar-refractivity contribution in [3.05, 3.63) is 45.8 Å². The number of thioether (sulfide) groups is 1. The van der Waals surface area contributed by atoms with Crippen LogP contribution in [0.15, 0.2) is 45.2 Å². The van der Waals surface area contributed by atoms with E-state index in [2.05, 4.69) is 11.1 Å². The Morgan fingerprint density at radius 1 is 1.33 bits per heavy atom. The molecule has 0 unspecified atom stereocenters. The van der Waals surface area contributed by atoms with Gasteiger partial charge >= 0.3 is 5.97 Å². The van der Waals surface area contributed by atoms with Crippen molar-refractivity contribution in [2.45, 2.75) is 13.0 Å². The Bertz CT molecular complexity index is 945. The Morgan fingerprint density at radius 3 is 2.67 bits per heavy atom. The number of rotatable bonds is 4. The van der Waals surface area contributed by atoms with E-state index in [0.717, 1.165) is 11.8 Å². The van der Waals surface area contributed by atoms with Crippen LogP contribution in [0.5, 0.6) is 11.5 Å². The minimum absolute atomic E-state index is 0.227. The maximum atomic E-state index is 12.6. The lowest BCUT2D eigenvalue weighted by atomic mass is 9.93. The van der Waals surface area contributed by atoms with Crippen molar-refractivity contribution in [2.75, 3.05) is 21.3 Å². The fourth-order valence-electron chi connectivity index (χ4n) is 3.06. The predicted molar refractivity (Wildman–Crippen MR) is 101 cm³/mol. The van der Waals surface area contributed by atoms with Gasteiger partial charge in [-0.2, -0.15) is 5.26 Å². The Hall–Kier alpha value is -3.12. The van der Waals surface area contributed by atoms with E-state index in [-0.39, 0.29) is 5.82 Å². The quantitative estimate of drug-likeness (QED) is 0.785. The summed E-state index contributed by atoms with van der Waals surface area (Å²) in [6, 6.07) is 6.67. The number of hydrogen-bond donors (Lipinski definition) is 1. The molecule has 0 radical (unpaired) electrons. The number of esters is 1. The summed E-state index contributed by atoms with van der Waals surface area (Å²) in [5, 5.41) is 9.89. The van der Waals surface area contributed by atoms with Crippen molar-refractivity contribution >= 4 is 22.9 Å². The molecule has 140 valence electrons. The number of allylic oxidation sites excluding steroid dienone is 2. The molecule has 2 heterocycles. The lowest BCUT2D eigenvalue weighted by molar-refractivity contribution is -0.136. The molecule has 1 aromatic rings. The summed E-state index contributed by atoms with van der Waals surface area (Å²) in [5.41, 5.74) is 7.67. The van der Waals surface area contributed by atoms with Crippen LogP contribution in [0.25, 0.3) is 0 Å². The Balaban J connectivity index is 2.29. The molecular weight excluding hydrogens is 368 g/mol. The number of nitrogens with zero attached hydrogens (tertiary/aromatic N) is 3. The van der Waals surface area contributed by atoms with Crippen LogP contribution in [0.1, 0.15) is 18.5 Å². The third kappa shape index (κ3) is 2.98. The summed E-state index contributed by atoms with van der Waals surface area (Å²) < 4.78 is 15.8. The number of hydrogen-bond acceptors (Lipinski definition) is 9. The van der Waals surface area contributed by atoms with Crippen LogP contribution in [0, 0.1) is 11.3 Å². The van der Waals surface area contributed by atoms with Crippen LogP contribution in [-0.4, -0.2) is 37.4 Å². The van der Waals surface area contributed by atoms with Crippen LogP contribution < -0.4 is 15.2 Å². The highest BCUT2D eigenvalue weighted by Gasteiger charge is 2.43. The van der Waals surface area contributed by atoms with E-state index in [1.54, 1.807) is 37.1 Å². The summed E-state index contributed by atoms with van der Waals surface area (Å²) in [4.78, 5) is 19.0. The normalized spacial score (nSPS) is 18.7. The SMILES string of the molecule is COC(=O)C1=C(C)N=C2SC(C#N)=C(N)N2[C@H]1c1cc(OC)ccc1OC. The molecular formula is C18H18N4O4S. The number of benzene rings is 1. The molecule has 0 aliphatic carbocycles. The van der Waals surface area contributed by atoms with Gasteiger partial charge in [0.1, 0.15) is 34.3 Å². The zero-order chi connectivity index (χ0) is 19.7. The second kappa shape index (κ2) is 7.25. The van der Waals surface area contributed by atoms with Gasteiger partial charge in [0.2, 0.25) is 0 Å². The van der Waals surface area contributed by atoms with E-state index in [4.69, 9.17) is 19.9 Å². The number of nitriles is 1. The van der Waals surface area contributed by atoms with E-state index in [0.29, 0.717) is 38.4 Å². The molecule has 2 aliphatic heterocycles. The molecule has 0 amide bonds. The highest BCUT2D eigenvalue weighted by molar-refractivity contribution is 8.17. The number of amidine groups is 1. The monoisotopic (exact) mass is 386 g/mol. The third-order valence-electron chi connectivity index (χ3n) is 4.31. The zero-order valence-corrected chi connectivity index (χ0v) is 16.1. The van der Waals surface area contributed by atoms with Gasteiger partial charge in [-0.05, 0) is 36.9 Å². The number of carbonyl (C=O) groups excluding carboxylic acids is 1. The molecule has 2 aliphatic rings. The summed E-state index contributed by atoms with van der Waals surface area (Å²) >= 11 is 1.16. The molecule has 1 aromatic carbocycles. The molecule has 1 atom stereocenters. The number of fused-ring (bicyclic) bond motifs is 1. The molecule has 0 bridgehead atoms. The molecule has 9 heteroatoms. The van der Waals surface area contributed by atoms with E-state index < -0.39 is 12.0 Å². The summed E-state index contributed by atoms with van der Waals surface area (Å²) in [6.07, 6.45) is 0. The lowest BCUT2D eigenvalue weighted by Gasteiger charge is -2.35. The first-order valence-electron chi connectivity index (χ1n) is 7.93. The van der Waals surface area contributed by atoms with Gasteiger partial charge in [0, 0.05) is 5.56 Å². The first-order valence-corrected chi connectivity index (χ1v) is 8.75. The maximum absolute atomic E-state index is 12.6. The topological polar surface area (TPSA) is 110 Å². The average Bonchev–Trinajstić information content (AvgIpc) is 3.00. The van der Waals surface area contributed by atoms with Crippen LogP contribution >= 0.6 is 11.8 Å². The Kier molecular flexibility index (Phi) is 5.01. The van der Waals surface area contributed by atoms with E-state index in [9.17, 15) is 10.1 Å². The van der Waals surface area contributed by atoms with Crippen LogP contribution in [0.3, 0.4) is 0 Å². The first kappa shape index (κ1) is 18.7. The van der Waals surface area contributed by atoms with Crippen molar-refractivity contribution < 1.29 is 19.0 Å². The second-order valence-electron chi connectivity index (χ2n) is 5.69. The Labute approximate surface area is 160 Å². The first-order chi connectivity index (χ1) is 13.0. The minimum atomic E-state index is -0.673. The van der Waals surface area contributed by atoms with Crippen LogP contribution in [0.2, 0.25) is 0 Å². The van der Waals surface area contributed by atoms with Crippen LogP contribution in [-0.2, 0) is 9.53 Å². The molecule has 3 rings (SSSR count). The van der Waals surface area contributed by atoms with Gasteiger partial charge < -0.3 is 19.9 Å². The van der Waals surface area contributed by atoms with Crippen molar-refractivity contribution in [3.63, 3.8) is 0 Å². The number of methoxy groups -OCH3 is 3. The predicted octanol–water partition coefficient (Wildman–Crippen LogP) is 2.26. The minimum Gasteiger partial charge on any atom is -0.497 e. The second-order valence-corrected chi connectivity index (χ2v) is 6.67. The third-order valence-corrected chi connectivity index (χ3v) is 5.29. The van der Waals surface area contributed by atoms with Gasteiger partial charge in [0.15, 0.2) is 5.17 Å². The van der Waals surface area contributed by atoms with Crippen molar-refractivity contribution in [1.82, 2.24) is 4.90 Å². The highest BCUT2D eigenvalue weighted by atomic mass is 32.2. The fraction of sp³-hybridized carbons (Fsp3) is 0.278. The smallest absolute Gasteiger partial charge is 0.338 e. The molecule has 27 heavy (non-hydrogen) atoms. The maximum Gasteiger partial charge on any atom is 0.338 e. The van der Waals surface area contributed by atoms with Crippen molar-refractivity contribution in [3.8, 4) is 17.6 Å². The lowest BCUT2D eigenvalue weighted by Crippen LogP contribution is -2.38. The summed E-state index contributed by atoms with van der Waals surface area (Å²) in [6.45, 7) is 1.72. The molecule has 0 spiro atoms. The number of carbonyl (C=O) groups is 1. The number of aliphatic imine (C=N–C) groups is 1. The summed E-state index contributed by atoms with van der Waals surface area (Å²) in [7, 11) is 4.39. The van der Waals surface area contributed by atoms with Crippen molar-refractivity contribution in [1.29, 1.82) is 5.26 Å². The molecule has 0 aromatic heterocycles. The standard InChI is InChI=1S/C18H18N4O4S/c1-9-14(17(23)26-4)15(11-7-10(24-2)5-6-12(11)25-3)22-16(20)13(8-19)27-18(22)21-9/h5-7,15H,20H2,1-4H3/t15-/m0/s1. The Morgan fingerprint density at radius 2 is 2.07 bits per heavy atom. The van der Waals surface area contributed by atoms with Crippen LogP contribution in [0.4, 0.5) is 0 Å².